The molecule has 12 heavy (non-hydrogen) atoms. The molecule has 0 atom stereocenters. The van der Waals surface area contributed by atoms with Crippen molar-refractivity contribution in [2.75, 3.05) is 0 Å². The van der Waals surface area contributed by atoms with Gasteiger partial charge in [0.25, 0.3) is 0 Å². The maximum Gasteiger partial charge on any atom is 0.181 e. The Morgan fingerprint density at radius 2 is 2.42 bits per heavy atom. The van der Waals surface area contributed by atoms with Crippen molar-refractivity contribution in [3.8, 4) is 0 Å². The number of hydrogen-bond donors (Lipinski definition) is 1. The smallest absolute Gasteiger partial charge is 0.181 e. The zero-order chi connectivity index (χ0) is 8.55. The van der Waals surface area contributed by atoms with E-state index in [4.69, 9.17) is 0 Å². The monoisotopic (exact) mass is 162 g/mol. The van der Waals surface area contributed by atoms with Crippen LogP contribution in [0.3, 0.4) is 0 Å². The number of aromatic carboxylic acids is 1. The summed E-state index contributed by atoms with van der Waals surface area (Å²) >= 11 is 0. The van der Waals surface area contributed by atoms with Gasteiger partial charge in [0.15, 0.2) is 5.65 Å². The minimum Gasteiger partial charge on any atom is -0.543 e. The minimum absolute atomic E-state index is 0.0295. The number of nitrogens with one attached hydrogen (secondary N) is 1. The van der Waals surface area contributed by atoms with Crippen LogP contribution in [0, 0.1) is 0 Å². The largest absolute Gasteiger partial charge is 0.543 e. The number of rotatable bonds is 1. The molecule has 0 saturated heterocycles. The van der Waals surface area contributed by atoms with Gasteiger partial charge in [-0.15, -0.1) is 0 Å². The lowest BCUT2D eigenvalue weighted by Gasteiger charge is -1.95. The van der Waals surface area contributed by atoms with E-state index in [9.17, 15) is 9.90 Å². The molecule has 0 radical (unpaired) electrons. The van der Waals surface area contributed by atoms with Gasteiger partial charge in [0.1, 0.15) is 0 Å². The molecule has 0 fully saturated rings. The molecule has 5 heteroatoms. The zero-order valence-electron chi connectivity index (χ0n) is 5.94. The number of carbonyl (C=O) groups is 1. The SMILES string of the molecule is O=C([O-])c1[nH]nc2ncccc12. The highest BCUT2D eigenvalue weighted by Crippen LogP contribution is 2.10. The number of pyridine rings is 1. The van der Waals surface area contributed by atoms with Gasteiger partial charge >= 0.3 is 0 Å². The number of carboxylic acid groups (broad SMARTS) is 1. The number of H-pyrrole nitrogens is 1. The molecule has 0 aliphatic carbocycles. The lowest BCUT2D eigenvalue weighted by Crippen LogP contribution is -2.22. The van der Waals surface area contributed by atoms with Crippen LogP contribution in [0.25, 0.3) is 11.0 Å². The van der Waals surface area contributed by atoms with Crippen LogP contribution in [0.5, 0.6) is 0 Å². The van der Waals surface area contributed by atoms with Gasteiger partial charge in [-0.3, -0.25) is 5.10 Å². The van der Waals surface area contributed by atoms with Crippen LogP contribution < -0.4 is 5.11 Å². The Hall–Kier alpha value is -1.91. The van der Waals surface area contributed by atoms with Crippen molar-refractivity contribution in [2.24, 2.45) is 0 Å². The number of carbonyl (C=O) groups excluding carboxylic acids is 1. The van der Waals surface area contributed by atoms with E-state index in [0.29, 0.717) is 11.0 Å². The Labute approximate surface area is 67.1 Å². The Morgan fingerprint density at radius 3 is 3.17 bits per heavy atom. The Kier molecular flexibility index (Phi) is 1.30. The second-order valence-corrected chi connectivity index (χ2v) is 2.26. The van der Waals surface area contributed by atoms with Gasteiger partial charge < -0.3 is 9.90 Å². The second kappa shape index (κ2) is 2.30. The van der Waals surface area contributed by atoms with E-state index >= 15 is 0 Å². The summed E-state index contributed by atoms with van der Waals surface area (Å²) in [5, 5.41) is 17.0. The van der Waals surface area contributed by atoms with E-state index < -0.39 is 5.97 Å². The molecule has 5 nitrogen and oxygen atoms in total. The lowest BCUT2D eigenvalue weighted by atomic mass is 10.3. The number of aromatic nitrogens is 3. The van der Waals surface area contributed by atoms with Crippen molar-refractivity contribution in [1.82, 2.24) is 15.2 Å². The first kappa shape index (κ1) is 6.78. The average molecular weight is 162 g/mol. The number of carboxylic acids is 1. The topological polar surface area (TPSA) is 81.7 Å². The first-order valence-corrected chi connectivity index (χ1v) is 3.29. The van der Waals surface area contributed by atoms with Crippen molar-refractivity contribution in [1.29, 1.82) is 0 Å². The van der Waals surface area contributed by atoms with Crippen LogP contribution >= 0.6 is 0 Å². The second-order valence-electron chi connectivity index (χ2n) is 2.26. The first-order valence-electron chi connectivity index (χ1n) is 3.29. The van der Waals surface area contributed by atoms with Crippen LogP contribution in [-0.2, 0) is 0 Å². The normalized spacial score (nSPS) is 10.3. The molecular weight excluding hydrogens is 158 g/mol. The van der Waals surface area contributed by atoms with Crippen LogP contribution in [-0.4, -0.2) is 21.2 Å². The average Bonchev–Trinajstić information content (AvgIpc) is 2.47. The molecule has 0 bridgehead atoms. The first-order chi connectivity index (χ1) is 5.79. The van der Waals surface area contributed by atoms with Crippen molar-refractivity contribution < 1.29 is 9.90 Å². The molecule has 0 unspecified atom stereocenters. The van der Waals surface area contributed by atoms with Crippen LogP contribution in [0.2, 0.25) is 0 Å². The number of fused-ring (bicyclic) bond motifs is 1. The summed E-state index contributed by atoms with van der Waals surface area (Å²) in [6.45, 7) is 0. The van der Waals surface area contributed by atoms with Gasteiger partial charge in [0, 0.05) is 11.6 Å². The van der Waals surface area contributed by atoms with E-state index in [0.717, 1.165) is 0 Å². The third-order valence-corrected chi connectivity index (χ3v) is 1.53. The zero-order valence-corrected chi connectivity index (χ0v) is 5.94. The molecule has 0 aliphatic heterocycles. The van der Waals surface area contributed by atoms with Crippen LogP contribution in [0.1, 0.15) is 10.5 Å². The maximum absolute atomic E-state index is 10.5. The Balaban J connectivity index is 2.79. The van der Waals surface area contributed by atoms with Crippen molar-refractivity contribution >= 4 is 17.0 Å². The van der Waals surface area contributed by atoms with E-state index in [1.165, 1.54) is 0 Å². The predicted molar refractivity (Wildman–Crippen MR) is 38.2 cm³/mol. The van der Waals surface area contributed by atoms with Crippen molar-refractivity contribution in [3.05, 3.63) is 24.0 Å². The summed E-state index contributed by atoms with van der Waals surface area (Å²) in [5.74, 6) is -1.27. The number of nitrogens with zero attached hydrogens (tertiary/aromatic N) is 2. The van der Waals surface area contributed by atoms with E-state index in [2.05, 4.69) is 15.2 Å². The van der Waals surface area contributed by atoms with Crippen LogP contribution in [0.4, 0.5) is 0 Å². The fourth-order valence-electron chi connectivity index (χ4n) is 1.01. The molecule has 2 rings (SSSR count). The number of hydrogen-bond acceptors (Lipinski definition) is 4. The highest BCUT2D eigenvalue weighted by Gasteiger charge is 2.04. The molecule has 0 amide bonds. The predicted octanol–water partition coefficient (Wildman–Crippen LogP) is -0.679. The maximum atomic E-state index is 10.5. The summed E-state index contributed by atoms with van der Waals surface area (Å²) in [6, 6.07) is 3.27. The summed E-state index contributed by atoms with van der Waals surface area (Å²) < 4.78 is 0. The van der Waals surface area contributed by atoms with E-state index in [1.54, 1.807) is 18.3 Å². The molecule has 0 aliphatic rings. The Morgan fingerprint density at radius 1 is 1.58 bits per heavy atom. The third kappa shape index (κ3) is 0.833. The molecule has 0 spiro atoms. The molecule has 1 N–H and O–H groups in total. The molecular formula is C7H4N3O2-. The fourth-order valence-corrected chi connectivity index (χ4v) is 1.01. The highest BCUT2D eigenvalue weighted by atomic mass is 16.4. The standard InChI is InChI=1S/C7H5N3O2/c11-7(12)5-4-2-1-3-8-6(4)10-9-5/h1-3H,(H,11,12)(H,8,9,10)/p-1. The summed E-state index contributed by atoms with van der Waals surface area (Å²) in [4.78, 5) is 14.3. The van der Waals surface area contributed by atoms with Crippen molar-refractivity contribution in [2.45, 2.75) is 0 Å². The molecule has 2 heterocycles. The summed E-state index contributed by atoms with van der Waals surface area (Å²) in [6.07, 6.45) is 1.54. The molecule has 0 aromatic carbocycles. The van der Waals surface area contributed by atoms with Crippen molar-refractivity contribution in [3.63, 3.8) is 0 Å². The molecule has 60 valence electrons. The van der Waals surface area contributed by atoms with Gasteiger partial charge in [-0.05, 0) is 12.1 Å². The number of aromatic amines is 1. The van der Waals surface area contributed by atoms with Gasteiger partial charge in [-0.2, -0.15) is 5.10 Å². The molecule has 2 aromatic rings. The molecule has 0 saturated carbocycles. The van der Waals surface area contributed by atoms with Gasteiger partial charge in [-0.25, -0.2) is 4.98 Å². The van der Waals surface area contributed by atoms with E-state index in [-0.39, 0.29) is 5.69 Å². The van der Waals surface area contributed by atoms with E-state index in [1.807, 2.05) is 0 Å². The summed E-state index contributed by atoms with van der Waals surface area (Å²) in [5.41, 5.74) is 0.356. The minimum atomic E-state index is -1.27. The third-order valence-electron chi connectivity index (χ3n) is 1.53. The fraction of sp³-hybridized carbons (Fsp3) is 0. The van der Waals surface area contributed by atoms with Crippen LogP contribution in [0.15, 0.2) is 18.3 Å². The van der Waals surface area contributed by atoms with Gasteiger partial charge in [0.05, 0.1) is 11.7 Å². The Bertz CT molecular complexity index is 435. The highest BCUT2D eigenvalue weighted by molar-refractivity contribution is 5.98. The molecule has 2 aromatic heterocycles. The lowest BCUT2D eigenvalue weighted by molar-refractivity contribution is -0.255. The van der Waals surface area contributed by atoms with Gasteiger partial charge in [-0.1, -0.05) is 0 Å². The van der Waals surface area contributed by atoms with Gasteiger partial charge in [0.2, 0.25) is 0 Å². The summed E-state index contributed by atoms with van der Waals surface area (Å²) in [7, 11) is 0. The quantitative estimate of drug-likeness (QED) is 0.602.